The quantitative estimate of drug-likeness (QED) is 0.757. The normalized spacial score (nSPS) is 21.6. The Bertz CT molecular complexity index is 499. The van der Waals surface area contributed by atoms with E-state index in [2.05, 4.69) is 33.2 Å². The second-order valence-electron chi connectivity index (χ2n) is 3.95. The van der Waals surface area contributed by atoms with Gasteiger partial charge < -0.3 is 9.64 Å². The van der Waals surface area contributed by atoms with E-state index in [4.69, 9.17) is 4.74 Å². The van der Waals surface area contributed by atoms with Gasteiger partial charge in [-0.1, -0.05) is 0 Å². The van der Waals surface area contributed by atoms with Gasteiger partial charge in [-0.3, -0.25) is 0 Å². The van der Waals surface area contributed by atoms with Crippen LogP contribution in [0.5, 0.6) is 0 Å². The Hall–Kier alpha value is -1.20. The molecule has 1 aliphatic rings. The number of hydrogen-bond donors (Lipinski definition) is 0. The van der Waals surface area contributed by atoms with Gasteiger partial charge in [0.1, 0.15) is 17.0 Å². The first-order chi connectivity index (χ1) is 7.86. The first-order valence-corrected chi connectivity index (χ1v) is 6.27. The van der Waals surface area contributed by atoms with Crippen molar-refractivity contribution < 1.29 is 4.74 Å². The van der Waals surface area contributed by atoms with Gasteiger partial charge in [0.2, 0.25) is 0 Å². The lowest BCUT2D eigenvalue weighted by Gasteiger charge is -2.34. The van der Waals surface area contributed by atoms with Crippen molar-refractivity contribution in [2.45, 2.75) is 13.0 Å². The third-order valence-corrected chi connectivity index (χ3v) is 3.70. The number of fused-ring (bicyclic) bond motifs is 1. The van der Waals surface area contributed by atoms with Gasteiger partial charge >= 0.3 is 0 Å². The highest BCUT2D eigenvalue weighted by Gasteiger charge is 2.22. The molecule has 0 radical (unpaired) electrons. The maximum absolute atomic E-state index is 5.44. The summed E-state index contributed by atoms with van der Waals surface area (Å²) in [5.74, 6) is 1.04. The number of anilines is 1. The molecule has 0 amide bonds. The largest absolute Gasteiger partial charge is 0.377 e. The van der Waals surface area contributed by atoms with Gasteiger partial charge in [-0.2, -0.15) is 0 Å². The molecule has 1 saturated heterocycles. The fourth-order valence-corrected chi connectivity index (χ4v) is 2.77. The van der Waals surface area contributed by atoms with Crippen LogP contribution in [0.2, 0.25) is 0 Å². The summed E-state index contributed by atoms with van der Waals surface area (Å²) in [5.41, 5.74) is 0. The molecule has 3 rings (SSSR count). The van der Waals surface area contributed by atoms with Crippen molar-refractivity contribution in [3.05, 3.63) is 17.8 Å². The molecule has 0 aliphatic carbocycles. The summed E-state index contributed by atoms with van der Waals surface area (Å²) >= 11 is 1.66. The van der Waals surface area contributed by atoms with Gasteiger partial charge in [0.05, 0.1) is 24.6 Å². The van der Waals surface area contributed by atoms with Gasteiger partial charge in [0.25, 0.3) is 0 Å². The summed E-state index contributed by atoms with van der Waals surface area (Å²) in [6, 6.07) is 2.48. The topological polar surface area (TPSA) is 38.2 Å². The molecular weight excluding hydrogens is 222 g/mol. The maximum Gasteiger partial charge on any atom is 0.141 e. The fraction of sp³-hybridized carbons (Fsp3) is 0.455. The van der Waals surface area contributed by atoms with Crippen LogP contribution in [0.3, 0.4) is 0 Å². The molecule has 0 unspecified atom stereocenters. The number of thiophene rings is 1. The molecule has 0 saturated carbocycles. The highest BCUT2D eigenvalue weighted by atomic mass is 32.1. The predicted octanol–water partition coefficient (Wildman–Crippen LogP) is 1.92. The van der Waals surface area contributed by atoms with Crippen LogP contribution in [0.4, 0.5) is 5.82 Å². The fourth-order valence-electron chi connectivity index (χ4n) is 2.05. The predicted molar refractivity (Wildman–Crippen MR) is 65.0 cm³/mol. The molecule has 1 aliphatic heterocycles. The van der Waals surface area contributed by atoms with Crippen LogP contribution < -0.4 is 4.90 Å². The molecule has 16 heavy (non-hydrogen) atoms. The number of ether oxygens (including phenoxy) is 1. The number of morpholine rings is 1. The highest BCUT2D eigenvalue weighted by Crippen LogP contribution is 2.28. The molecule has 0 spiro atoms. The molecule has 2 aromatic rings. The van der Waals surface area contributed by atoms with Crippen LogP contribution >= 0.6 is 11.3 Å². The molecule has 1 fully saturated rings. The van der Waals surface area contributed by atoms with E-state index in [9.17, 15) is 0 Å². The highest BCUT2D eigenvalue weighted by molar-refractivity contribution is 7.16. The van der Waals surface area contributed by atoms with Crippen molar-refractivity contribution >= 4 is 27.4 Å². The smallest absolute Gasteiger partial charge is 0.141 e. The van der Waals surface area contributed by atoms with E-state index in [1.54, 1.807) is 17.7 Å². The summed E-state index contributed by atoms with van der Waals surface area (Å²) in [7, 11) is 0. The molecule has 0 N–H and O–H groups in total. The Kier molecular flexibility index (Phi) is 2.49. The van der Waals surface area contributed by atoms with Crippen LogP contribution in [0.25, 0.3) is 10.2 Å². The lowest BCUT2D eigenvalue weighted by Crippen LogP contribution is -2.44. The first kappa shape index (κ1) is 9.99. The molecule has 0 aromatic carbocycles. The number of rotatable bonds is 1. The van der Waals surface area contributed by atoms with Crippen LogP contribution in [0.15, 0.2) is 17.8 Å². The summed E-state index contributed by atoms with van der Waals surface area (Å²) in [5, 5.41) is 3.22. The summed E-state index contributed by atoms with van der Waals surface area (Å²) < 4.78 is 5.44. The Morgan fingerprint density at radius 1 is 1.50 bits per heavy atom. The lowest BCUT2D eigenvalue weighted by molar-refractivity contribution is 0.0987. The average Bonchev–Trinajstić information content (AvgIpc) is 2.77. The molecule has 3 heterocycles. The number of nitrogens with zero attached hydrogens (tertiary/aromatic N) is 3. The number of aromatic nitrogens is 2. The van der Waals surface area contributed by atoms with Gasteiger partial charge in [-0.05, 0) is 18.4 Å². The standard InChI is InChI=1S/C11H13N3OS/c1-8-6-15-4-3-14(8)10-9-2-5-16-11(9)13-7-12-10/h2,5,7-8H,3-4,6H2,1H3/t8-/m0/s1. The second kappa shape index (κ2) is 3.99. The van der Waals surface area contributed by atoms with Crippen molar-refractivity contribution in [2.75, 3.05) is 24.7 Å². The maximum atomic E-state index is 5.44. The molecule has 2 aromatic heterocycles. The monoisotopic (exact) mass is 235 g/mol. The van der Waals surface area contributed by atoms with Crippen molar-refractivity contribution in [1.29, 1.82) is 0 Å². The lowest BCUT2D eigenvalue weighted by atomic mass is 10.2. The third-order valence-electron chi connectivity index (χ3n) is 2.88. The third kappa shape index (κ3) is 1.56. The Morgan fingerprint density at radius 3 is 3.31 bits per heavy atom. The number of hydrogen-bond acceptors (Lipinski definition) is 5. The zero-order chi connectivity index (χ0) is 11.0. The minimum Gasteiger partial charge on any atom is -0.377 e. The van der Waals surface area contributed by atoms with Gasteiger partial charge in [-0.15, -0.1) is 11.3 Å². The molecular formula is C11H13N3OS. The zero-order valence-electron chi connectivity index (χ0n) is 9.09. The molecule has 5 heteroatoms. The van der Waals surface area contributed by atoms with E-state index in [-0.39, 0.29) is 0 Å². The van der Waals surface area contributed by atoms with Gasteiger partial charge in [0.15, 0.2) is 0 Å². The van der Waals surface area contributed by atoms with Gasteiger partial charge in [0, 0.05) is 6.54 Å². The summed E-state index contributed by atoms with van der Waals surface area (Å²) in [6.45, 7) is 4.62. The molecule has 84 valence electrons. The zero-order valence-corrected chi connectivity index (χ0v) is 9.91. The van der Waals surface area contributed by atoms with E-state index < -0.39 is 0 Å². The minimum atomic E-state index is 0.381. The van der Waals surface area contributed by atoms with Crippen LogP contribution in [-0.2, 0) is 4.74 Å². The van der Waals surface area contributed by atoms with E-state index >= 15 is 0 Å². The Morgan fingerprint density at radius 2 is 2.44 bits per heavy atom. The summed E-state index contributed by atoms with van der Waals surface area (Å²) in [6.07, 6.45) is 1.65. The first-order valence-electron chi connectivity index (χ1n) is 5.39. The minimum absolute atomic E-state index is 0.381. The van der Waals surface area contributed by atoms with E-state index in [0.29, 0.717) is 6.04 Å². The van der Waals surface area contributed by atoms with Crippen molar-refractivity contribution in [2.24, 2.45) is 0 Å². The Balaban J connectivity index is 2.07. The Labute approximate surface area is 97.9 Å². The van der Waals surface area contributed by atoms with Gasteiger partial charge in [-0.25, -0.2) is 9.97 Å². The second-order valence-corrected chi connectivity index (χ2v) is 4.85. The van der Waals surface area contributed by atoms with Crippen LogP contribution in [-0.4, -0.2) is 35.8 Å². The van der Waals surface area contributed by atoms with E-state index in [1.807, 2.05) is 0 Å². The summed E-state index contributed by atoms with van der Waals surface area (Å²) in [4.78, 5) is 12.1. The van der Waals surface area contributed by atoms with Crippen molar-refractivity contribution in [3.8, 4) is 0 Å². The van der Waals surface area contributed by atoms with Crippen molar-refractivity contribution in [3.63, 3.8) is 0 Å². The van der Waals surface area contributed by atoms with Crippen LogP contribution in [0, 0.1) is 0 Å². The molecule has 4 nitrogen and oxygen atoms in total. The van der Waals surface area contributed by atoms with E-state index in [0.717, 1.165) is 35.8 Å². The van der Waals surface area contributed by atoms with Crippen LogP contribution in [0.1, 0.15) is 6.92 Å². The molecule has 1 atom stereocenters. The van der Waals surface area contributed by atoms with Crippen molar-refractivity contribution in [1.82, 2.24) is 9.97 Å². The van der Waals surface area contributed by atoms with E-state index in [1.165, 1.54) is 0 Å². The average molecular weight is 235 g/mol. The SMILES string of the molecule is C[C@H]1COCCN1c1ncnc2sccc12. The molecule has 0 bridgehead atoms.